The molecule has 0 aliphatic carbocycles. The van der Waals surface area contributed by atoms with E-state index in [9.17, 15) is 4.79 Å². The van der Waals surface area contributed by atoms with Crippen molar-refractivity contribution in [2.75, 3.05) is 0 Å². The van der Waals surface area contributed by atoms with Crippen molar-refractivity contribution in [3.63, 3.8) is 0 Å². The van der Waals surface area contributed by atoms with Gasteiger partial charge in [0.15, 0.2) is 11.2 Å². The van der Waals surface area contributed by atoms with Crippen molar-refractivity contribution in [1.29, 1.82) is 0 Å². The molecule has 0 unspecified atom stereocenters. The largest absolute Gasteiger partial charge is 0.323 e. The molecule has 3 heterocycles. The fourth-order valence-electron chi connectivity index (χ4n) is 3.18. The zero-order chi connectivity index (χ0) is 17.7. The summed E-state index contributed by atoms with van der Waals surface area (Å²) in [6.07, 6.45) is 3.37. The third-order valence-electron chi connectivity index (χ3n) is 4.57. The Labute approximate surface area is 148 Å². The molecule has 6 nitrogen and oxygen atoms in total. The Balaban J connectivity index is 1.62. The lowest BCUT2D eigenvalue weighted by Gasteiger charge is -2.03. The number of nitrogens with zero attached hydrogens (tertiary/aromatic N) is 4. The Morgan fingerprint density at radius 1 is 0.923 bits per heavy atom. The maximum absolute atomic E-state index is 12.6. The Kier molecular flexibility index (Phi) is 3.05. The van der Waals surface area contributed by atoms with Gasteiger partial charge in [-0.1, -0.05) is 54.6 Å². The number of H-pyrrole nitrogens is 1. The molecule has 2 aromatic carbocycles. The maximum Gasteiger partial charge on any atom is 0.287 e. The Morgan fingerprint density at radius 3 is 2.38 bits per heavy atom. The van der Waals surface area contributed by atoms with Crippen LogP contribution in [0.2, 0.25) is 0 Å². The monoisotopic (exact) mass is 341 g/mol. The van der Waals surface area contributed by atoms with E-state index in [1.165, 1.54) is 9.96 Å². The van der Waals surface area contributed by atoms with E-state index >= 15 is 0 Å². The van der Waals surface area contributed by atoms with Crippen molar-refractivity contribution in [2.24, 2.45) is 7.05 Å². The van der Waals surface area contributed by atoms with Gasteiger partial charge < -0.3 is 9.55 Å². The standard InChI is InChI=1S/C20H15N5O/c1-24-12-21-17-18(24)23-20-22-16(11-25(20)19(17)26)15-9-7-14(8-10-15)13-5-3-2-4-6-13/h2-12H,1H3,(H,22,23). The molecule has 0 saturated carbocycles. The first-order valence-electron chi connectivity index (χ1n) is 8.29. The average Bonchev–Trinajstić information content (AvgIpc) is 3.28. The van der Waals surface area contributed by atoms with Gasteiger partial charge in [0.05, 0.1) is 12.0 Å². The molecule has 0 aliphatic rings. The van der Waals surface area contributed by atoms with Gasteiger partial charge in [-0.25, -0.2) is 9.38 Å². The molecule has 126 valence electrons. The first kappa shape index (κ1) is 14.7. The first-order valence-corrected chi connectivity index (χ1v) is 8.29. The maximum atomic E-state index is 12.6. The van der Waals surface area contributed by atoms with Crippen LogP contribution in [0.15, 0.2) is 71.9 Å². The predicted molar refractivity (Wildman–Crippen MR) is 101 cm³/mol. The van der Waals surface area contributed by atoms with Gasteiger partial charge in [-0.15, -0.1) is 0 Å². The van der Waals surface area contributed by atoms with Crippen LogP contribution in [0.5, 0.6) is 0 Å². The zero-order valence-electron chi connectivity index (χ0n) is 14.0. The van der Waals surface area contributed by atoms with Gasteiger partial charge in [-0.2, -0.15) is 4.98 Å². The Hall–Kier alpha value is -3.67. The molecule has 0 saturated heterocycles. The quantitative estimate of drug-likeness (QED) is 0.536. The van der Waals surface area contributed by atoms with Gasteiger partial charge in [0, 0.05) is 13.2 Å². The van der Waals surface area contributed by atoms with Crippen LogP contribution < -0.4 is 5.56 Å². The minimum Gasteiger partial charge on any atom is -0.323 e. The summed E-state index contributed by atoms with van der Waals surface area (Å²) in [6.45, 7) is 0. The van der Waals surface area contributed by atoms with E-state index in [0.29, 0.717) is 16.9 Å². The van der Waals surface area contributed by atoms with Crippen LogP contribution in [-0.4, -0.2) is 23.9 Å². The molecule has 0 bridgehead atoms. The van der Waals surface area contributed by atoms with Crippen molar-refractivity contribution in [3.8, 4) is 22.4 Å². The van der Waals surface area contributed by atoms with Gasteiger partial charge in [0.1, 0.15) is 0 Å². The van der Waals surface area contributed by atoms with E-state index in [2.05, 4.69) is 39.2 Å². The highest BCUT2D eigenvalue weighted by atomic mass is 16.1. The lowest BCUT2D eigenvalue weighted by Crippen LogP contribution is -2.13. The van der Waals surface area contributed by atoms with Gasteiger partial charge in [0.2, 0.25) is 5.78 Å². The van der Waals surface area contributed by atoms with Crippen LogP contribution >= 0.6 is 0 Å². The van der Waals surface area contributed by atoms with E-state index in [-0.39, 0.29) is 5.56 Å². The molecule has 1 N–H and O–H groups in total. The summed E-state index contributed by atoms with van der Waals surface area (Å²) < 4.78 is 3.25. The van der Waals surface area contributed by atoms with Crippen LogP contribution in [0.25, 0.3) is 39.3 Å². The molecule has 6 heteroatoms. The summed E-state index contributed by atoms with van der Waals surface area (Å²) in [5, 5.41) is 0. The van der Waals surface area contributed by atoms with Crippen LogP contribution in [-0.2, 0) is 7.05 Å². The predicted octanol–water partition coefficient (Wildman–Crippen LogP) is 3.24. The third kappa shape index (κ3) is 2.16. The topological polar surface area (TPSA) is 68.0 Å². The number of benzene rings is 2. The minimum absolute atomic E-state index is 0.172. The average molecular weight is 341 g/mol. The highest BCUT2D eigenvalue weighted by molar-refractivity contribution is 5.74. The number of imidazole rings is 2. The van der Waals surface area contributed by atoms with Crippen LogP contribution in [0.4, 0.5) is 0 Å². The molecular weight excluding hydrogens is 326 g/mol. The number of fused-ring (bicyclic) bond motifs is 2. The lowest BCUT2D eigenvalue weighted by atomic mass is 10.0. The van der Waals surface area contributed by atoms with E-state index < -0.39 is 0 Å². The smallest absolute Gasteiger partial charge is 0.287 e. The van der Waals surface area contributed by atoms with Crippen LogP contribution in [0.3, 0.4) is 0 Å². The van der Waals surface area contributed by atoms with Gasteiger partial charge >= 0.3 is 0 Å². The lowest BCUT2D eigenvalue weighted by molar-refractivity contribution is 0.928. The second kappa shape index (κ2) is 5.42. The van der Waals surface area contributed by atoms with E-state index in [0.717, 1.165) is 16.8 Å². The number of hydrogen-bond donors (Lipinski definition) is 1. The van der Waals surface area contributed by atoms with Gasteiger partial charge in [-0.3, -0.25) is 4.79 Å². The molecule has 0 radical (unpaired) electrons. The number of nitrogens with one attached hydrogen (secondary N) is 1. The summed E-state index contributed by atoms with van der Waals surface area (Å²) in [5.41, 5.74) is 4.92. The van der Waals surface area contributed by atoms with E-state index in [4.69, 9.17) is 0 Å². The van der Waals surface area contributed by atoms with Crippen molar-refractivity contribution >= 4 is 16.9 Å². The third-order valence-corrected chi connectivity index (χ3v) is 4.57. The molecule has 0 atom stereocenters. The second-order valence-corrected chi connectivity index (χ2v) is 6.25. The zero-order valence-corrected chi connectivity index (χ0v) is 14.0. The van der Waals surface area contributed by atoms with Gasteiger partial charge in [-0.05, 0) is 16.7 Å². The van der Waals surface area contributed by atoms with Crippen molar-refractivity contribution in [3.05, 3.63) is 77.5 Å². The fraction of sp³-hybridized carbons (Fsp3) is 0.0500. The van der Waals surface area contributed by atoms with Crippen molar-refractivity contribution in [2.45, 2.75) is 0 Å². The number of aryl methyl sites for hydroxylation is 1. The van der Waals surface area contributed by atoms with Gasteiger partial charge in [0.25, 0.3) is 5.56 Å². The molecule has 0 amide bonds. The molecule has 26 heavy (non-hydrogen) atoms. The molecule has 3 aromatic heterocycles. The summed E-state index contributed by atoms with van der Waals surface area (Å²) in [5.74, 6) is 0.508. The van der Waals surface area contributed by atoms with Crippen molar-refractivity contribution < 1.29 is 0 Å². The Morgan fingerprint density at radius 2 is 1.62 bits per heavy atom. The van der Waals surface area contributed by atoms with Crippen LogP contribution in [0.1, 0.15) is 0 Å². The molecule has 0 aliphatic heterocycles. The first-order chi connectivity index (χ1) is 12.7. The number of aromatic nitrogens is 5. The molecule has 5 aromatic rings. The fourth-order valence-corrected chi connectivity index (χ4v) is 3.18. The normalized spacial score (nSPS) is 11.4. The van der Waals surface area contributed by atoms with E-state index in [1.807, 2.05) is 37.4 Å². The Bertz CT molecular complexity index is 1290. The highest BCUT2D eigenvalue weighted by Gasteiger charge is 2.12. The molecule has 5 rings (SSSR count). The number of rotatable bonds is 2. The summed E-state index contributed by atoms with van der Waals surface area (Å²) in [4.78, 5) is 24.5. The van der Waals surface area contributed by atoms with Crippen molar-refractivity contribution in [1.82, 2.24) is 23.9 Å². The number of hydrogen-bond acceptors (Lipinski definition) is 3. The minimum atomic E-state index is -0.172. The van der Waals surface area contributed by atoms with Crippen LogP contribution in [0, 0.1) is 0 Å². The summed E-state index contributed by atoms with van der Waals surface area (Å²) in [6, 6.07) is 18.4. The summed E-state index contributed by atoms with van der Waals surface area (Å²) in [7, 11) is 1.82. The molecule has 0 spiro atoms. The second-order valence-electron chi connectivity index (χ2n) is 6.25. The SMILES string of the molecule is Cn1cnc2c(=O)n3cc(-c4ccc(-c5ccccc5)cc4)[nH]c3nc21. The molecular formula is C20H15N5O. The summed E-state index contributed by atoms with van der Waals surface area (Å²) >= 11 is 0. The molecule has 0 fully saturated rings. The van der Waals surface area contributed by atoms with E-state index in [1.54, 1.807) is 17.1 Å². The number of aromatic amines is 1. The highest BCUT2D eigenvalue weighted by Crippen LogP contribution is 2.24.